The topological polar surface area (TPSA) is 85.9 Å². The van der Waals surface area contributed by atoms with Gasteiger partial charge in [-0.05, 0) is 42.3 Å². The van der Waals surface area contributed by atoms with Gasteiger partial charge in [-0.25, -0.2) is 9.79 Å². The molecule has 6 nitrogen and oxygen atoms in total. The SMILES string of the molecule is COC(=O)c1cc(CN=C(N)NC(C)c2ccc(Cl)cc2Cl)ccc1OC. The molecule has 0 saturated carbocycles. The molecular weight excluding hydrogens is 389 g/mol. The molecule has 2 rings (SSSR count). The number of hydrogen-bond acceptors (Lipinski definition) is 4. The van der Waals surface area contributed by atoms with Crippen molar-refractivity contribution in [2.24, 2.45) is 10.7 Å². The highest BCUT2D eigenvalue weighted by molar-refractivity contribution is 6.35. The second-order valence-electron chi connectivity index (χ2n) is 5.76. The van der Waals surface area contributed by atoms with Crippen LogP contribution in [-0.4, -0.2) is 26.1 Å². The third-order valence-electron chi connectivity index (χ3n) is 3.89. The minimum Gasteiger partial charge on any atom is -0.496 e. The molecular formula is C19H21Cl2N3O3. The van der Waals surface area contributed by atoms with Crippen LogP contribution in [0.25, 0.3) is 0 Å². The zero-order valence-electron chi connectivity index (χ0n) is 15.3. The highest BCUT2D eigenvalue weighted by atomic mass is 35.5. The van der Waals surface area contributed by atoms with Crippen LogP contribution in [0.15, 0.2) is 41.4 Å². The van der Waals surface area contributed by atoms with Crippen molar-refractivity contribution < 1.29 is 14.3 Å². The zero-order chi connectivity index (χ0) is 20.0. The fourth-order valence-corrected chi connectivity index (χ4v) is 3.07. The van der Waals surface area contributed by atoms with Gasteiger partial charge in [0.05, 0.1) is 26.8 Å². The molecule has 0 radical (unpaired) electrons. The van der Waals surface area contributed by atoms with E-state index in [-0.39, 0.29) is 18.5 Å². The third-order valence-corrected chi connectivity index (χ3v) is 4.46. The molecule has 0 aliphatic carbocycles. The summed E-state index contributed by atoms with van der Waals surface area (Å²) in [5.41, 5.74) is 7.96. The lowest BCUT2D eigenvalue weighted by Gasteiger charge is -2.16. The highest BCUT2D eigenvalue weighted by Gasteiger charge is 2.14. The molecule has 8 heteroatoms. The number of guanidine groups is 1. The first-order valence-corrected chi connectivity index (χ1v) is 8.88. The summed E-state index contributed by atoms with van der Waals surface area (Å²) < 4.78 is 9.94. The molecule has 0 aliphatic rings. The van der Waals surface area contributed by atoms with Crippen LogP contribution in [0, 0.1) is 0 Å². The Kier molecular flexibility index (Phi) is 7.33. The number of carbonyl (C=O) groups excluding carboxylic acids is 1. The van der Waals surface area contributed by atoms with Crippen molar-refractivity contribution >= 4 is 35.1 Å². The molecule has 3 N–H and O–H groups in total. The van der Waals surface area contributed by atoms with E-state index < -0.39 is 5.97 Å². The van der Waals surface area contributed by atoms with Crippen molar-refractivity contribution in [1.29, 1.82) is 0 Å². The summed E-state index contributed by atoms with van der Waals surface area (Å²) in [4.78, 5) is 16.2. The zero-order valence-corrected chi connectivity index (χ0v) is 16.8. The molecule has 0 saturated heterocycles. The maximum Gasteiger partial charge on any atom is 0.341 e. The average molecular weight is 410 g/mol. The minimum absolute atomic E-state index is 0.153. The van der Waals surface area contributed by atoms with Gasteiger partial charge in [0.1, 0.15) is 11.3 Å². The Labute approximate surface area is 168 Å². The number of rotatable bonds is 6. The standard InChI is InChI=1S/C19H21Cl2N3O3/c1-11(14-6-5-13(20)9-16(14)21)24-19(22)23-10-12-4-7-17(26-2)15(8-12)18(25)27-3/h4-9,11H,10H2,1-3H3,(H3,22,23,24). The smallest absolute Gasteiger partial charge is 0.341 e. The minimum atomic E-state index is -0.477. The lowest BCUT2D eigenvalue weighted by molar-refractivity contribution is 0.0597. The van der Waals surface area contributed by atoms with Gasteiger partial charge in [0, 0.05) is 10.0 Å². The normalized spacial score (nSPS) is 12.4. The first kappa shape index (κ1) is 20.9. The number of esters is 1. The van der Waals surface area contributed by atoms with Crippen molar-refractivity contribution in [3.8, 4) is 5.75 Å². The van der Waals surface area contributed by atoms with Gasteiger partial charge in [0.15, 0.2) is 5.96 Å². The lowest BCUT2D eigenvalue weighted by Crippen LogP contribution is -2.34. The second-order valence-corrected chi connectivity index (χ2v) is 6.60. The molecule has 2 aromatic rings. The van der Waals surface area contributed by atoms with E-state index >= 15 is 0 Å². The summed E-state index contributed by atoms with van der Waals surface area (Å²) in [6.07, 6.45) is 0. The first-order valence-electron chi connectivity index (χ1n) is 8.12. The van der Waals surface area contributed by atoms with Gasteiger partial charge >= 0.3 is 5.97 Å². The fourth-order valence-electron chi connectivity index (χ4n) is 2.50. The number of aliphatic imine (C=N–C) groups is 1. The number of carbonyl (C=O) groups is 1. The number of ether oxygens (including phenoxy) is 2. The van der Waals surface area contributed by atoms with E-state index in [1.165, 1.54) is 14.2 Å². The lowest BCUT2D eigenvalue weighted by atomic mass is 10.1. The molecule has 0 bridgehead atoms. The monoisotopic (exact) mass is 409 g/mol. The summed E-state index contributed by atoms with van der Waals surface area (Å²) in [7, 11) is 2.81. The quantitative estimate of drug-likeness (QED) is 0.428. The predicted molar refractivity (Wildman–Crippen MR) is 108 cm³/mol. The number of benzene rings is 2. The largest absolute Gasteiger partial charge is 0.496 e. The molecule has 0 heterocycles. The Hall–Kier alpha value is -2.44. The summed E-state index contributed by atoms with van der Waals surface area (Å²) in [6, 6.07) is 10.3. The van der Waals surface area contributed by atoms with Gasteiger partial charge in [-0.1, -0.05) is 35.3 Å². The molecule has 1 unspecified atom stereocenters. The van der Waals surface area contributed by atoms with Crippen LogP contribution >= 0.6 is 23.2 Å². The van der Waals surface area contributed by atoms with Crippen molar-refractivity contribution in [2.45, 2.75) is 19.5 Å². The van der Waals surface area contributed by atoms with E-state index in [0.29, 0.717) is 21.4 Å². The molecule has 2 aromatic carbocycles. The summed E-state index contributed by atoms with van der Waals surface area (Å²) >= 11 is 12.1. The number of nitrogens with two attached hydrogens (primary N) is 1. The van der Waals surface area contributed by atoms with Crippen molar-refractivity contribution in [2.75, 3.05) is 14.2 Å². The number of halogens is 2. The molecule has 1 atom stereocenters. The van der Waals surface area contributed by atoms with Crippen LogP contribution in [0.3, 0.4) is 0 Å². The Bertz CT molecular complexity index is 856. The maximum absolute atomic E-state index is 11.8. The number of hydrogen-bond donors (Lipinski definition) is 2. The number of nitrogens with zero attached hydrogens (tertiary/aromatic N) is 1. The van der Waals surface area contributed by atoms with Crippen LogP contribution in [-0.2, 0) is 11.3 Å². The summed E-state index contributed by atoms with van der Waals surface area (Å²) in [5, 5.41) is 4.20. The van der Waals surface area contributed by atoms with E-state index in [4.69, 9.17) is 38.4 Å². The van der Waals surface area contributed by atoms with E-state index in [2.05, 4.69) is 10.3 Å². The van der Waals surface area contributed by atoms with Crippen LogP contribution in [0.4, 0.5) is 0 Å². The molecule has 0 spiro atoms. The summed E-state index contributed by atoms with van der Waals surface area (Å²) in [6.45, 7) is 2.20. The predicted octanol–water partition coefficient (Wildman–Crippen LogP) is 3.95. The molecule has 0 aromatic heterocycles. The van der Waals surface area contributed by atoms with E-state index in [0.717, 1.165) is 11.1 Å². The van der Waals surface area contributed by atoms with Gasteiger partial charge in [0.2, 0.25) is 0 Å². The van der Waals surface area contributed by atoms with Gasteiger partial charge in [-0.2, -0.15) is 0 Å². The van der Waals surface area contributed by atoms with E-state index in [9.17, 15) is 4.79 Å². The summed E-state index contributed by atoms with van der Waals surface area (Å²) in [5.74, 6) is 0.213. The molecule has 0 fully saturated rings. The van der Waals surface area contributed by atoms with Crippen LogP contribution in [0.5, 0.6) is 5.75 Å². The molecule has 144 valence electrons. The Morgan fingerprint density at radius 1 is 1.22 bits per heavy atom. The van der Waals surface area contributed by atoms with E-state index in [1.54, 1.807) is 24.3 Å². The van der Waals surface area contributed by atoms with Crippen LogP contribution in [0.2, 0.25) is 10.0 Å². The molecule has 0 amide bonds. The molecule has 0 aliphatic heterocycles. The van der Waals surface area contributed by atoms with Crippen molar-refractivity contribution in [1.82, 2.24) is 5.32 Å². The Morgan fingerprint density at radius 2 is 1.96 bits per heavy atom. The van der Waals surface area contributed by atoms with E-state index in [1.807, 2.05) is 19.1 Å². The van der Waals surface area contributed by atoms with Gasteiger partial charge in [-0.15, -0.1) is 0 Å². The average Bonchev–Trinajstić information content (AvgIpc) is 2.65. The first-order chi connectivity index (χ1) is 12.8. The Balaban J connectivity index is 2.09. The van der Waals surface area contributed by atoms with Crippen molar-refractivity contribution in [3.63, 3.8) is 0 Å². The van der Waals surface area contributed by atoms with Crippen LogP contribution in [0.1, 0.15) is 34.5 Å². The van der Waals surface area contributed by atoms with Crippen molar-refractivity contribution in [3.05, 3.63) is 63.1 Å². The molecule has 27 heavy (non-hydrogen) atoms. The van der Waals surface area contributed by atoms with Gasteiger partial charge in [-0.3, -0.25) is 0 Å². The number of nitrogens with one attached hydrogen (secondary N) is 1. The highest BCUT2D eigenvalue weighted by Crippen LogP contribution is 2.26. The van der Waals surface area contributed by atoms with Crippen LogP contribution < -0.4 is 15.8 Å². The van der Waals surface area contributed by atoms with Gasteiger partial charge < -0.3 is 20.5 Å². The second kappa shape index (κ2) is 9.48. The number of methoxy groups -OCH3 is 2. The maximum atomic E-state index is 11.8. The third kappa shape index (κ3) is 5.52. The van der Waals surface area contributed by atoms with Gasteiger partial charge in [0.25, 0.3) is 0 Å². The Morgan fingerprint density at radius 3 is 2.59 bits per heavy atom. The fraction of sp³-hybridized carbons (Fsp3) is 0.263.